The number of carbonyl (C=O) groups excluding carboxylic acids is 2. The number of rotatable bonds is 4. The van der Waals surface area contributed by atoms with Gasteiger partial charge in [-0.1, -0.05) is 39.0 Å². The second-order valence-corrected chi connectivity index (χ2v) is 7.26. The Morgan fingerprint density at radius 3 is 2.62 bits per heavy atom. The van der Waals surface area contributed by atoms with E-state index < -0.39 is 0 Å². The van der Waals surface area contributed by atoms with Crippen LogP contribution in [0.3, 0.4) is 0 Å². The molecule has 0 bridgehead atoms. The van der Waals surface area contributed by atoms with Crippen molar-refractivity contribution >= 4 is 23.2 Å². The molecule has 2 amide bonds. The highest BCUT2D eigenvalue weighted by Gasteiger charge is 2.22. The molecule has 0 atom stereocenters. The second kappa shape index (κ2) is 7.60. The van der Waals surface area contributed by atoms with Gasteiger partial charge in [-0.2, -0.15) is 5.10 Å². The largest absolute Gasteiger partial charge is 0.312 e. The van der Waals surface area contributed by atoms with Crippen LogP contribution in [0.2, 0.25) is 0 Å². The van der Waals surface area contributed by atoms with Crippen molar-refractivity contribution in [2.45, 2.75) is 53.4 Å². The fourth-order valence-corrected chi connectivity index (χ4v) is 2.52. The van der Waals surface area contributed by atoms with Crippen molar-refractivity contribution in [1.82, 2.24) is 5.43 Å². The van der Waals surface area contributed by atoms with E-state index in [9.17, 15) is 9.59 Å². The van der Waals surface area contributed by atoms with Crippen molar-refractivity contribution in [3.63, 3.8) is 0 Å². The van der Waals surface area contributed by atoms with Crippen LogP contribution in [0.25, 0.3) is 0 Å². The van der Waals surface area contributed by atoms with Gasteiger partial charge in [0.1, 0.15) is 0 Å². The van der Waals surface area contributed by atoms with Crippen LogP contribution in [0.4, 0.5) is 5.69 Å². The summed E-state index contributed by atoms with van der Waals surface area (Å²) in [5, 5.41) is 4.11. The number of hydrogen-bond acceptors (Lipinski definition) is 3. The molecule has 5 heteroatoms. The van der Waals surface area contributed by atoms with Crippen LogP contribution >= 0.6 is 0 Å². The zero-order chi connectivity index (χ0) is 17.7. The molecule has 0 fully saturated rings. The molecule has 0 saturated heterocycles. The van der Waals surface area contributed by atoms with Crippen molar-refractivity contribution in [3.05, 3.63) is 29.8 Å². The van der Waals surface area contributed by atoms with E-state index in [1.54, 1.807) is 4.90 Å². The molecule has 0 saturated carbocycles. The topological polar surface area (TPSA) is 61.8 Å². The molecule has 1 aliphatic rings. The number of para-hydroxylation sites is 1. The zero-order valence-electron chi connectivity index (χ0n) is 15.1. The third kappa shape index (κ3) is 4.66. The minimum absolute atomic E-state index is 0.00572. The lowest BCUT2D eigenvalue weighted by atomic mass is 9.91. The van der Waals surface area contributed by atoms with Crippen molar-refractivity contribution in [3.8, 4) is 0 Å². The summed E-state index contributed by atoms with van der Waals surface area (Å²) in [4.78, 5) is 26.2. The third-order valence-electron chi connectivity index (χ3n) is 4.41. The van der Waals surface area contributed by atoms with Crippen LogP contribution in [-0.4, -0.2) is 24.1 Å². The highest BCUT2D eigenvalue weighted by atomic mass is 16.2. The van der Waals surface area contributed by atoms with Crippen LogP contribution in [0.5, 0.6) is 0 Å². The molecular formula is C19H27N3O2. The van der Waals surface area contributed by atoms with Crippen LogP contribution in [0, 0.1) is 5.41 Å². The van der Waals surface area contributed by atoms with E-state index in [0.29, 0.717) is 0 Å². The Hall–Kier alpha value is -2.17. The predicted molar refractivity (Wildman–Crippen MR) is 97.1 cm³/mol. The van der Waals surface area contributed by atoms with Gasteiger partial charge in [0.2, 0.25) is 11.8 Å². The van der Waals surface area contributed by atoms with Crippen LogP contribution in [-0.2, 0) is 16.0 Å². The van der Waals surface area contributed by atoms with E-state index in [0.717, 1.165) is 30.8 Å². The lowest BCUT2D eigenvalue weighted by Gasteiger charge is -2.29. The van der Waals surface area contributed by atoms with Gasteiger partial charge in [0.15, 0.2) is 0 Å². The molecule has 0 radical (unpaired) electrons. The SMILES string of the molecule is C/C(=N\NC(=O)CCC(=O)N1CCCc2ccccc21)C(C)(C)C. The number of anilines is 1. The van der Waals surface area contributed by atoms with Crippen molar-refractivity contribution in [2.24, 2.45) is 10.5 Å². The maximum atomic E-state index is 12.5. The van der Waals surface area contributed by atoms with Gasteiger partial charge in [0, 0.05) is 36.2 Å². The molecule has 1 N–H and O–H groups in total. The summed E-state index contributed by atoms with van der Waals surface area (Å²) < 4.78 is 0. The summed E-state index contributed by atoms with van der Waals surface area (Å²) in [6, 6.07) is 7.98. The van der Waals surface area contributed by atoms with Crippen molar-refractivity contribution < 1.29 is 9.59 Å². The number of fused-ring (bicyclic) bond motifs is 1. The normalized spacial score (nSPS) is 15.0. The Labute approximate surface area is 144 Å². The van der Waals surface area contributed by atoms with E-state index in [-0.39, 0.29) is 30.1 Å². The monoisotopic (exact) mass is 329 g/mol. The van der Waals surface area contributed by atoms with E-state index in [2.05, 4.69) is 16.6 Å². The van der Waals surface area contributed by atoms with E-state index in [1.807, 2.05) is 45.9 Å². The van der Waals surface area contributed by atoms with Crippen LogP contribution < -0.4 is 10.3 Å². The molecule has 0 aliphatic carbocycles. The molecule has 0 spiro atoms. The maximum absolute atomic E-state index is 12.5. The second-order valence-electron chi connectivity index (χ2n) is 7.26. The zero-order valence-corrected chi connectivity index (χ0v) is 15.1. The molecule has 1 heterocycles. The standard InChI is InChI=1S/C19H27N3O2/c1-14(19(2,3)4)20-21-17(23)11-12-18(24)22-13-7-9-15-8-5-6-10-16(15)22/h5-6,8,10H,7,9,11-13H2,1-4H3,(H,21,23)/b20-14+. The molecule has 130 valence electrons. The number of nitrogens with one attached hydrogen (secondary N) is 1. The summed E-state index contributed by atoms with van der Waals surface area (Å²) in [6.07, 6.45) is 2.31. The minimum Gasteiger partial charge on any atom is -0.312 e. The average molecular weight is 329 g/mol. The number of hydrazone groups is 1. The molecular weight excluding hydrogens is 302 g/mol. The Morgan fingerprint density at radius 1 is 1.21 bits per heavy atom. The lowest BCUT2D eigenvalue weighted by molar-refractivity contribution is -0.125. The first-order chi connectivity index (χ1) is 11.3. The van der Waals surface area contributed by atoms with Gasteiger partial charge in [-0.05, 0) is 31.4 Å². The first-order valence-corrected chi connectivity index (χ1v) is 8.51. The first kappa shape index (κ1) is 18.2. The molecule has 2 rings (SSSR count). The molecule has 24 heavy (non-hydrogen) atoms. The fourth-order valence-electron chi connectivity index (χ4n) is 2.52. The van der Waals surface area contributed by atoms with Crippen molar-refractivity contribution in [2.75, 3.05) is 11.4 Å². The smallest absolute Gasteiger partial charge is 0.240 e. The van der Waals surface area contributed by atoms with Crippen LogP contribution in [0.1, 0.15) is 52.5 Å². The van der Waals surface area contributed by atoms with Gasteiger partial charge < -0.3 is 4.90 Å². The Balaban J connectivity index is 1.89. The van der Waals surface area contributed by atoms with Gasteiger partial charge in [0.25, 0.3) is 0 Å². The maximum Gasteiger partial charge on any atom is 0.240 e. The summed E-state index contributed by atoms with van der Waals surface area (Å²) >= 11 is 0. The van der Waals surface area contributed by atoms with E-state index in [4.69, 9.17) is 0 Å². The molecule has 1 aliphatic heterocycles. The van der Waals surface area contributed by atoms with Gasteiger partial charge >= 0.3 is 0 Å². The predicted octanol–water partition coefficient (Wildman–Crippen LogP) is 3.28. The highest BCUT2D eigenvalue weighted by Crippen LogP contribution is 2.27. The quantitative estimate of drug-likeness (QED) is 0.680. The Bertz CT molecular complexity index is 644. The minimum atomic E-state index is -0.225. The number of carbonyl (C=O) groups is 2. The summed E-state index contributed by atoms with van der Waals surface area (Å²) in [7, 11) is 0. The van der Waals surface area contributed by atoms with Gasteiger partial charge in [-0.25, -0.2) is 5.43 Å². The molecule has 1 aromatic rings. The average Bonchev–Trinajstić information content (AvgIpc) is 2.56. The van der Waals surface area contributed by atoms with Gasteiger partial charge in [0.05, 0.1) is 0 Å². The number of nitrogens with zero attached hydrogens (tertiary/aromatic N) is 2. The lowest BCUT2D eigenvalue weighted by Crippen LogP contribution is -2.36. The molecule has 5 nitrogen and oxygen atoms in total. The van der Waals surface area contributed by atoms with Gasteiger partial charge in [-0.3, -0.25) is 9.59 Å². The van der Waals surface area contributed by atoms with Crippen molar-refractivity contribution in [1.29, 1.82) is 0 Å². The highest BCUT2D eigenvalue weighted by molar-refractivity contribution is 5.96. The Kier molecular flexibility index (Phi) is 5.75. The van der Waals surface area contributed by atoms with E-state index in [1.165, 1.54) is 5.56 Å². The summed E-state index contributed by atoms with van der Waals surface area (Å²) in [5.74, 6) is -0.230. The summed E-state index contributed by atoms with van der Waals surface area (Å²) in [6.45, 7) is 8.72. The number of amides is 2. The number of aryl methyl sites for hydroxylation is 1. The van der Waals surface area contributed by atoms with Gasteiger partial charge in [-0.15, -0.1) is 0 Å². The molecule has 1 aromatic carbocycles. The number of hydrogen-bond donors (Lipinski definition) is 1. The fraction of sp³-hybridized carbons (Fsp3) is 0.526. The Morgan fingerprint density at radius 2 is 1.92 bits per heavy atom. The summed E-state index contributed by atoms with van der Waals surface area (Å²) in [5.41, 5.74) is 5.50. The molecule has 0 unspecified atom stereocenters. The van der Waals surface area contributed by atoms with E-state index >= 15 is 0 Å². The molecule has 0 aromatic heterocycles. The third-order valence-corrected chi connectivity index (χ3v) is 4.41. The van der Waals surface area contributed by atoms with Crippen LogP contribution in [0.15, 0.2) is 29.4 Å². The first-order valence-electron chi connectivity index (χ1n) is 8.51. The number of benzene rings is 1.